The van der Waals surface area contributed by atoms with Crippen LogP contribution in [0, 0.1) is 0 Å². The van der Waals surface area contributed by atoms with E-state index in [1.165, 1.54) is 94.9 Å². The lowest BCUT2D eigenvalue weighted by molar-refractivity contribution is -0.917. The number of carboxylic acids is 1. The van der Waals surface area contributed by atoms with E-state index in [2.05, 4.69) is 13.8 Å². The molecule has 1 saturated heterocycles. The largest absolute Gasteiger partial charge is 0.550 e. The maximum absolute atomic E-state index is 8.89. The molecule has 0 aliphatic carbocycles. The third kappa shape index (κ3) is 11.7. The van der Waals surface area contributed by atoms with Gasteiger partial charge < -0.3 is 14.4 Å². The highest BCUT2D eigenvalue weighted by molar-refractivity contribution is 5.60. The number of aliphatic carboxylic acids is 1. The van der Waals surface area contributed by atoms with E-state index in [4.69, 9.17) is 9.90 Å². The molecule has 0 aromatic heterocycles. The molecule has 1 fully saturated rings. The second-order valence-corrected chi connectivity index (χ2v) is 6.56. The smallest absolute Gasteiger partial charge is 0.0788 e. The van der Waals surface area contributed by atoms with Gasteiger partial charge in [-0.2, -0.15) is 0 Å². The molecule has 21 heavy (non-hydrogen) atoms. The van der Waals surface area contributed by atoms with Crippen LogP contribution in [0.3, 0.4) is 0 Å². The van der Waals surface area contributed by atoms with Crippen molar-refractivity contribution in [2.75, 3.05) is 26.2 Å². The predicted molar refractivity (Wildman–Crippen MR) is 87.9 cm³/mol. The fourth-order valence-corrected chi connectivity index (χ4v) is 3.29. The number of quaternary nitrogens is 1. The Morgan fingerprint density at radius 3 is 1.81 bits per heavy atom. The first-order valence-corrected chi connectivity index (χ1v) is 9.09. The molecule has 1 aliphatic rings. The first-order valence-electron chi connectivity index (χ1n) is 9.09. The number of hydrogen-bond donors (Lipinski definition) is 0. The topological polar surface area (TPSA) is 40.1 Å². The standard InChI is InChI=1S/C16H34N.C2H4O2/c1-3-5-7-8-9-10-14-17(13-6-4-2)15-11-12-16-17;1-2(3)4/h3-16H2,1-2H3;1H3,(H,3,4)/q+1;/p-1. The second kappa shape index (κ2) is 13.1. The number of hydrogen-bond acceptors (Lipinski definition) is 2. The van der Waals surface area contributed by atoms with Gasteiger partial charge in [0.1, 0.15) is 0 Å². The van der Waals surface area contributed by atoms with Crippen molar-refractivity contribution in [2.45, 2.75) is 85.0 Å². The quantitative estimate of drug-likeness (QED) is 0.457. The summed E-state index contributed by atoms with van der Waals surface area (Å²) in [5.41, 5.74) is 0. The van der Waals surface area contributed by atoms with Crippen LogP contribution in [-0.2, 0) is 4.79 Å². The molecular formula is C18H37NO2. The maximum atomic E-state index is 8.89. The highest BCUT2D eigenvalue weighted by Crippen LogP contribution is 2.22. The minimum Gasteiger partial charge on any atom is -0.550 e. The number of likely N-dealkylation sites (tertiary alicyclic amines) is 1. The van der Waals surface area contributed by atoms with E-state index in [9.17, 15) is 0 Å². The van der Waals surface area contributed by atoms with Gasteiger partial charge in [-0.15, -0.1) is 0 Å². The first kappa shape index (κ1) is 20.4. The average Bonchev–Trinajstić information content (AvgIpc) is 2.89. The zero-order valence-corrected chi connectivity index (χ0v) is 14.7. The predicted octanol–water partition coefficient (Wildman–Crippen LogP) is 3.51. The Balaban J connectivity index is 0.000000885. The monoisotopic (exact) mass is 299 g/mol. The van der Waals surface area contributed by atoms with Gasteiger partial charge in [-0.05, 0) is 26.2 Å². The van der Waals surface area contributed by atoms with Gasteiger partial charge in [0.2, 0.25) is 0 Å². The Labute approximate surface area is 132 Å². The summed E-state index contributed by atoms with van der Waals surface area (Å²) in [6, 6.07) is 0. The van der Waals surface area contributed by atoms with Crippen molar-refractivity contribution in [1.82, 2.24) is 0 Å². The molecule has 1 heterocycles. The molecule has 3 nitrogen and oxygen atoms in total. The van der Waals surface area contributed by atoms with Crippen LogP contribution in [0.5, 0.6) is 0 Å². The molecule has 1 rings (SSSR count). The summed E-state index contributed by atoms with van der Waals surface area (Å²) < 4.78 is 1.47. The maximum Gasteiger partial charge on any atom is 0.0788 e. The van der Waals surface area contributed by atoms with Crippen LogP contribution in [0.15, 0.2) is 0 Å². The van der Waals surface area contributed by atoms with Gasteiger partial charge in [0, 0.05) is 18.8 Å². The van der Waals surface area contributed by atoms with Crippen molar-refractivity contribution in [3.63, 3.8) is 0 Å². The number of nitrogens with zero attached hydrogens (tertiary/aromatic N) is 1. The summed E-state index contributed by atoms with van der Waals surface area (Å²) in [4.78, 5) is 8.89. The minimum atomic E-state index is -1.08. The van der Waals surface area contributed by atoms with Gasteiger partial charge >= 0.3 is 0 Å². The van der Waals surface area contributed by atoms with Crippen molar-refractivity contribution in [3.8, 4) is 0 Å². The van der Waals surface area contributed by atoms with Gasteiger partial charge in [-0.1, -0.05) is 46.0 Å². The highest BCUT2D eigenvalue weighted by atomic mass is 16.4. The number of carboxylic acid groups (broad SMARTS) is 1. The Kier molecular flexibility index (Phi) is 12.8. The van der Waals surface area contributed by atoms with Crippen molar-refractivity contribution in [1.29, 1.82) is 0 Å². The van der Waals surface area contributed by atoms with Crippen LogP contribution in [-0.4, -0.2) is 36.6 Å². The van der Waals surface area contributed by atoms with Gasteiger partial charge in [0.15, 0.2) is 0 Å². The van der Waals surface area contributed by atoms with Crippen molar-refractivity contribution >= 4 is 5.97 Å². The third-order valence-electron chi connectivity index (χ3n) is 4.49. The Morgan fingerprint density at radius 1 is 0.857 bits per heavy atom. The zero-order chi connectivity index (χ0) is 16.0. The van der Waals surface area contributed by atoms with E-state index >= 15 is 0 Å². The summed E-state index contributed by atoms with van der Waals surface area (Å²) in [5.74, 6) is -1.08. The molecule has 1 aliphatic heterocycles. The Hall–Kier alpha value is -0.570. The highest BCUT2D eigenvalue weighted by Gasteiger charge is 2.30. The molecule has 126 valence electrons. The molecule has 0 atom stereocenters. The molecule has 0 N–H and O–H groups in total. The van der Waals surface area contributed by atoms with Crippen molar-refractivity contribution in [3.05, 3.63) is 0 Å². The van der Waals surface area contributed by atoms with E-state index in [0.717, 1.165) is 6.92 Å². The molecule has 0 aromatic rings. The van der Waals surface area contributed by atoms with Crippen LogP contribution < -0.4 is 5.11 Å². The SMILES string of the molecule is CC(=O)[O-].CCCCCCCC[N+]1(CCCC)CCCC1. The molecule has 0 saturated carbocycles. The minimum absolute atomic E-state index is 0.972. The van der Waals surface area contributed by atoms with Crippen LogP contribution in [0.2, 0.25) is 0 Å². The normalized spacial score (nSPS) is 16.3. The number of unbranched alkanes of at least 4 members (excludes halogenated alkanes) is 6. The van der Waals surface area contributed by atoms with E-state index < -0.39 is 5.97 Å². The summed E-state index contributed by atoms with van der Waals surface area (Å²) >= 11 is 0. The molecule has 0 aromatic carbocycles. The fraction of sp³-hybridized carbons (Fsp3) is 0.944. The molecule has 0 bridgehead atoms. The zero-order valence-electron chi connectivity index (χ0n) is 14.7. The number of carbonyl (C=O) groups excluding carboxylic acids is 1. The molecule has 0 unspecified atom stereocenters. The third-order valence-corrected chi connectivity index (χ3v) is 4.49. The van der Waals surface area contributed by atoms with Crippen molar-refractivity contribution in [2.24, 2.45) is 0 Å². The van der Waals surface area contributed by atoms with E-state index in [-0.39, 0.29) is 0 Å². The summed E-state index contributed by atoms with van der Waals surface area (Å²) in [6.07, 6.45) is 14.5. The lowest BCUT2D eigenvalue weighted by atomic mass is 10.1. The Bertz CT molecular complexity index is 244. The number of rotatable bonds is 10. The van der Waals surface area contributed by atoms with Crippen LogP contribution in [0.4, 0.5) is 0 Å². The molecule has 0 spiro atoms. The fourth-order valence-electron chi connectivity index (χ4n) is 3.29. The lowest BCUT2D eigenvalue weighted by Crippen LogP contribution is -2.46. The lowest BCUT2D eigenvalue weighted by Gasteiger charge is -2.34. The molecule has 0 radical (unpaired) electrons. The van der Waals surface area contributed by atoms with Crippen molar-refractivity contribution < 1.29 is 14.4 Å². The van der Waals surface area contributed by atoms with E-state index in [1.807, 2.05) is 0 Å². The van der Waals surface area contributed by atoms with Crippen LogP contribution >= 0.6 is 0 Å². The first-order chi connectivity index (χ1) is 10.1. The van der Waals surface area contributed by atoms with E-state index in [0.29, 0.717) is 0 Å². The Morgan fingerprint density at radius 2 is 1.29 bits per heavy atom. The van der Waals surface area contributed by atoms with Crippen LogP contribution in [0.25, 0.3) is 0 Å². The molecule has 3 heteroatoms. The molecule has 0 amide bonds. The second-order valence-electron chi connectivity index (χ2n) is 6.56. The average molecular weight is 299 g/mol. The summed E-state index contributed by atoms with van der Waals surface area (Å²) in [5, 5.41) is 8.89. The number of carbonyl (C=O) groups is 1. The van der Waals surface area contributed by atoms with Gasteiger partial charge in [0.25, 0.3) is 0 Å². The van der Waals surface area contributed by atoms with Gasteiger partial charge in [-0.25, -0.2) is 0 Å². The van der Waals surface area contributed by atoms with E-state index in [1.54, 1.807) is 0 Å². The van der Waals surface area contributed by atoms with Crippen LogP contribution in [0.1, 0.15) is 85.0 Å². The summed E-state index contributed by atoms with van der Waals surface area (Å²) in [7, 11) is 0. The van der Waals surface area contributed by atoms with Gasteiger partial charge in [-0.3, -0.25) is 0 Å². The van der Waals surface area contributed by atoms with Gasteiger partial charge in [0.05, 0.1) is 26.2 Å². The summed E-state index contributed by atoms with van der Waals surface area (Å²) in [6.45, 7) is 11.5. The molecular weight excluding hydrogens is 262 g/mol.